The molecule has 0 aliphatic rings. The van der Waals surface area contributed by atoms with E-state index in [9.17, 15) is 0 Å². The number of unbranched alkanes of at least 4 members (excludes halogenated alkanes) is 1. The maximum Gasteiger partial charge on any atom is 0.105 e. The van der Waals surface area contributed by atoms with Crippen molar-refractivity contribution < 1.29 is 0 Å². The summed E-state index contributed by atoms with van der Waals surface area (Å²) in [5.74, 6) is 0. The standard InChI is InChI=1S/C9H13NS/c1-2-3-7-10-8-5-4-6-9(10)11/h4-6,8H,2-3,7H2,1H3. The van der Waals surface area contributed by atoms with E-state index < -0.39 is 0 Å². The zero-order chi connectivity index (χ0) is 8.10. The monoisotopic (exact) mass is 167 g/mol. The van der Waals surface area contributed by atoms with Crippen molar-refractivity contribution in [3.8, 4) is 0 Å². The molecule has 0 fully saturated rings. The normalized spacial score (nSPS) is 9.91. The van der Waals surface area contributed by atoms with Crippen molar-refractivity contribution in [1.82, 2.24) is 4.57 Å². The topological polar surface area (TPSA) is 4.93 Å². The fraction of sp³-hybridized carbons (Fsp3) is 0.444. The van der Waals surface area contributed by atoms with Gasteiger partial charge < -0.3 is 4.57 Å². The van der Waals surface area contributed by atoms with Crippen LogP contribution in [-0.2, 0) is 6.54 Å². The number of pyridine rings is 1. The van der Waals surface area contributed by atoms with Crippen molar-refractivity contribution in [3.05, 3.63) is 29.0 Å². The van der Waals surface area contributed by atoms with Crippen molar-refractivity contribution in [1.29, 1.82) is 0 Å². The van der Waals surface area contributed by atoms with E-state index in [2.05, 4.69) is 11.5 Å². The molecule has 0 radical (unpaired) electrons. The molecule has 0 aromatic carbocycles. The minimum atomic E-state index is 0.931. The van der Waals surface area contributed by atoms with E-state index in [-0.39, 0.29) is 0 Å². The molecule has 1 rings (SSSR count). The van der Waals surface area contributed by atoms with Crippen LogP contribution in [0.2, 0.25) is 0 Å². The van der Waals surface area contributed by atoms with Gasteiger partial charge in [0.2, 0.25) is 0 Å². The molecule has 0 atom stereocenters. The number of rotatable bonds is 3. The molecule has 1 nitrogen and oxygen atoms in total. The lowest BCUT2D eigenvalue weighted by molar-refractivity contribution is 0.622. The van der Waals surface area contributed by atoms with Crippen LogP contribution in [0.4, 0.5) is 0 Å². The largest absolute Gasteiger partial charge is 0.339 e. The fourth-order valence-corrected chi connectivity index (χ4v) is 1.20. The van der Waals surface area contributed by atoms with Gasteiger partial charge in [-0.25, -0.2) is 0 Å². The van der Waals surface area contributed by atoms with E-state index in [1.54, 1.807) is 0 Å². The molecule has 0 spiro atoms. The summed E-state index contributed by atoms with van der Waals surface area (Å²) in [6, 6.07) is 5.96. The minimum Gasteiger partial charge on any atom is -0.339 e. The van der Waals surface area contributed by atoms with Gasteiger partial charge >= 0.3 is 0 Å². The van der Waals surface area contributed by atoms with Gasteiger partial charge in [0, 0.05) is 12.7 Å². The van der Waals surface area contributed by atoms with E-state index in [1.807, 2.05) is 24.4 Å². The molecule has 0 amide bonds. The highest BCUT2D eigenvalue weighted by atomic mass is 32.1. The van der Waals surface area contributed by atoms with E-state index in [4.69, 9.17) is 12.2 Å². The van der Waals surface area contributed by atoms with Crippen molar-refractivity contribution in [2.24, 2.45) is 0 Å². The van der Waals surface area contributed by atoms with Crippen LogP contribution in [0.5, 0.6) is 0 Å². The molecule has 0 unspecified atom stereocenters. The van der Waals surface area contributed by atoms with Gasteiger partial charge in [-0.3, -0.25) is 0 Å². The Bertz CT molecular complexity index is 264. The lowest BCUT2D eigenvalue weighted by Crippen LogP contribution is -1.98. The van der Waals surface area contributed by atoms with Crippen LogP contribution in [0.25, 0.3) is 0 Å². The molecule has 60 valence electrons. The van der Waals surface area contributed by atoms with E-state index >= 15 is 0 Å². The molecule has 11 heavy (non-hydrogen) atoms. The quantitative estimate of drug-likeness (QED) is 0.626. The number of aromatic nitrogens is 1. The molecular weight excluding hydrogens is 154 g/mol. The first-order valence-electron chi connectivity index (χ1n) is 4.00. The zero-order valence-corrected chi connectivity index (χ0v) is 7.60. The Hall–Kier alpha value is -0.630. The summed E-state index contributed by atoms with van der Waals surface area (Å²) in [4.78, 5) is 0. The summed E-state index contributed by atoms with van der Waals surface area (Å²) in [6.45, 7) is 3.24. The summed E-state index contributed by atoms with van der Waals surface area (Å²) in [5.41, 5.74) is 0. The third kappa shape index (κ3) is 2.46. The van der Waals surface area contributed by atoms with Gasteiger partial charge in [-0.05, 0) is 18.6 Å². The second-order valence-corrected chi connectivity index (χ2v) is 3.00. The number of nitrogens with zero attached hydrogens (tertiary/aromatic N) is 1. The van der Waals surface area contributed by atoms with Gasteiger partial charge in [0.15, 0.2) is 0 Å². The molecule has 1 aromatic rings. The summed E-state index contributed by atoms with van der Waals surface area (Å²) in [7, 11) is 0. The van der Waals surface area contributed by atoms with Crippen LogP contribution in [0.15, 0.2) is 24.4 Å². The molecule has 1 heterocycles. The first-order chi connectivity index (χ1) is 5.34. The summed E-state index contributed by atoms with van der Waals surface area (Å²) in [5, 5.41) is 0. The van der Waals surface area contributed by atoms with Gasteiger partial charge in [0.1, 0.15) is 4.64 Å². The van der Waals surface area contributed by atoms with E-state index in [0.717, 1.165) is 11.2 Å². The lowest BCUT2D eigenvalue weighted by atomic mass is 10.3. The molecule has 0 saturated carbocycles. The summed E-state index contributed by atoms with van der Waals surface area (Å²) >= 11 is 5.13. The van der Waals surface area contributed by atoms with E-state index in [0.29, 0.717) is 0 Å². The second kappa shape index (κ2) is 4.29. The van der Waals surface area contributed by atoms with Crippen molar-refractivity contribution in [2.45, 2.75) is 26.3 Å². The van der Waals surface area contributed by atoms with Gasteiger partial charge in [-0.2, -0.15) is 0 Å². The Balaban J connectivity index is 2.70. The molecule has 0 N–H and O–H groups in total. The van der Waals surface area contributed by atoms with Crippen LogP contribution in [0, 0.1) is 4.64 Å². The first kappa shape index (κ1) is 8.47. The minimum absolute atomic E-state index is 0.931. The Morgan fingerprint density at radius 3 is 2.91 bits per heavy atom. The van der Waals surface area contributed by atoms with Crippen LogP contribution in [0.3, 0.4) is 0 Å². The average Bonchev–Trinajstić information content (AvgIpc) is 2.03. The summed E-state index contributed by atoms with van der Waals surface area (Å²) < 4.78 is 3.04. The number of hydrogen-bond donors (Lipinski definition) is 0. The number of aryl methyl sites for hydroxylation is 1. The number of hydrogen-bond acceptors (Lipinski definition) is 1. The van der Waals surface area contributed by atoms with Crippen LogP contribution in [-0.4, -0.2) is 4.57 Å². The Kier molecular flexibility index (Phi) is 3.30. The average molecular weight is 167 g/mol. The van der Waals surface area contributed by atoms with Crippen molar-refractivity contribution >= 4 is 12.2 Å². The first-order valence-corrected chi connectivity index (χ1v) is 4.41. The molecular formula is C9H13NS. The van der Waals surface area contributed by atoms with Gasteiger partial charge in [-0.15, -0.1) is 0 Å². The van der Waals surface area contributed by atoms with Crippen molar-refractivity contribution in [2.75, 3.05) is 0 Å². The Morgan fingerprint density at radius 1 is 1.45 bits per heavy atom. The highest BCUT2D eigenvalue weighted by molar-refractivity contribution is 7.71. The SMILES string of the molecule is CCCCn1ccccc1=S. The van der Waals surface area contributed by atoms with E-state index in [1.165, 1.54) is 12.8 Å². The highest BCUT2D eigenvalue weighted by Gasteiger charge is 1.87. The van der Waals surface area contributed by atoms with Crippen LogP contribution < -0.4 is 0 Å². The van der Waals surface area contributed by atoms with Gasteiger partial charge in [0.05, 0.1) is 0 Å². The van der Waals surface area contributed by atoms with Gasteiger partial charge in [-0.1, -0.05) is 31.6 Å². The third-order valence-electron chi connectivity index (χ3n) is 1.65. The summed E-state index contributed by atoms with van der Waals surface area (Å²) in [6.07, 6.45) is 4.47. The smallest absolute Gasteiger partial charge is 0.105 e. The van der Waals surface area contributed by atoms with Crippen LogP contribution in [0.1, 0.15) is 19.8 Å². The molecule has 0 aliphatic carbocycles. The predicted molar refractivity (Wildman–Crippen MR) is 50.2 cm³/mol. The predicted octanol–water partition coefficient (Wildman–Crippen LogP) is 3.02. The third-order valence-corrected chi connectivity index (χ3v) is 2.02. The van der Waals surface area contributed by atoms with Crippen molar-refractivity contribution in [3.63, 3.8) is 0 Å². The maximum atomic E-state index is 5.13. The Morgan fingerprint density at radius 2 is 2.27 bits per heavy atom. The second-order valence-electron chi connectivity index (χ2n) is 2.59. The lowest BCUT2D eigenvalue weighted by Gasteiger charge is -2.03. The molecule has 1 aromatic heterocycles. The Labute approximate surface area is 72.7 Å². The zero-order valence-electron chi connectivity index (χ0n) is 6.79. The molecule has 0 aliphatic heterocycles. The van der Waals surface area contributed by atoms with Gasteiger partial charge in [0.25, 0.3) is 0 Å². The molecule has 0 saturated heterocycles. The highest BCUT2D eigenvalue weighted by Crippen LogP contribution is 1.97. The fourth-order valence-electron chi connectivity index (χ4n) is 0.974. The molecule has 2 heteroatoms. The van der Waals surface area contributed by atoms with Crippen LogP contribution >= 0.6 is 12.2 Å². The maximum absolute atomic E-state index is 5.13. The molecule has 0 bridgehead atoms.